The normalized spacial score (nSPS) is 16.0. The maximum absolute atomic E-state index is 13.7. The molecule has 1 saturated heterocycles. The molecule has 0 aliphatic carbocycles. The zero-order chi connectivity index (χ0) is 31.5. The van der Waals surface area contributed by atoms with E-state index in [2.05, 4.69) is 34.5 Å². The second-order valence-corrected chi connectivity index (χ2v) is 12.6. The second kappa shape index (κ2) is 13.3. The number of carbonyl (C=O) groups is 2. The lowest BCUT2D eigenvalue weighted by atomic mass is 9.95. The molecule has 11 heteroatoms. The van der Waals surface area contributed by atoms with Crippen molar-refractivity contribution in [3.05, 3.63) is 112 Å². The first-order valence-corrected chi connectivity index (χ1v) is 16.5. The summed E-state index contributed by atoms with van der Waals surface area (Å²) in [6.07, 6.45) is 0. The zero-order valence-corrected chi connectivity index (χ0v) is 26.8. The molecule has 1 fully saturated rings. The van der Waals surface area contributed by atoms with Crippen LogP contribution >= 0.6 is 34.7 Å². The van der Waals surface area contributed by atoms with Gasteiger partial charge in [0.25, 0.3) is 5.78 Å². The van der Waals surface area contributed by atoms with Gasteiger partial charge in [0.2, 0.25) is 5.13 Å². The average molecular weight is 658 g/mol. The smallest absolute Gasteiger partial charge is 0.301 e. The number of aromatic nitrogens is 2. The van der Waals surface area contributed by atoms with E-state index in [9.17, 15) is 14.7 Å². The Morgan fingerprint density at radius 1 is 0.933 bits per heavy atom. The molecule has 8 nitrogen and oxygen atoms in total. The van der Waals surface area contributed by atoms with Crippen LogP contribution < -0.4 is 14.4 Å². The van der Waals surface area contributed by atoms with E-state index in [0.717, 1.165) is 16.3 Å². The SMILES string of the molecule is CCOc1ccc(C2C(=C(O)c3ccc(Cl)cc3)C(=O)C(=O)N2c2nnc(SCc3cccc4ccccc34)s2)cc1OCC. The van der Waals surface area contributed by atoms with Crippen LogP contribution in [-0.2, 0) is 15.3 Å². The molecule has 0 bridgehead atoms. The summed E-state index contributed by atoms with van der Waals surface area (Å²) < 4.78 is 12.2. The number of ether oxygens (including phenoxy) is 2. The number of ketones is 1. The van der Waals surface area contributed by atoms with Gasteiger partial charge in [-0.1, -0.05) is 83.2 Å². The highest BCUT2D eigenvalue weighted by molar-refractivity contribution is 8.00. The largest absolute Gasteiger partial charge is 0.507 e. The summed E-state index contributed by atoms with van der Waals surface area (Å²) in [5.74, 6) is -0.341. The average Bonchev–Trinajstić information content (AvgIpc) is 3.62. The number of anilines is 1. The maximum atomic E-state index is 13.7. The van der Waals surface area contributed by atoms with Gasteiger partial charge >= 0.3 is 5.91 Å². The fraction of sp³-hybridized carbons (Fsp3) is 0.176. The molecule has 1 amide bonds. The number of hydrogen-bond donors (Lipinski definition) is 1. The van der Waals surface area contributed by atoms with Crippen LogP contribution in [0.2, 0.25) is 5.02 Å². The highest BCUT2D eigenvalue weighted by atomic mass is 35.5. The number of aliphatic hydroxyl groups is 1. The highest BCUT2D eigenvalue weighted by Gasteiger charge is 2.48. The van der Waals surface area contributed by atoms with Gasteiger partial charge in [-0.2, -0.15) is 0 Å². The van der Waals surface area contributed by atoms with Crippen LogP contribution in [0.5, 0.6) is 11.5 Å². The summed E-state index contributed by atoms with van der Waals surface area (Å²) in [4.78, 5) is 28.6. The first-order valence-electron chi connectivity index (χ1n) is 14.3. The van der Waals surface area contributed by atoms with Gasteiger partial charge in [-0.05, 0) is 72.1 Å². The van der Waals surface area contributed by atoms with E-state index in [0.29, 0.717) is 51.0 Å². The second-order valence-electron chi connectivity index (χ2n) is 10.0. The van der Waals surface area contributed by atoms with Crippen molar-refractivity contribution in [3.63, 3.8) is 0 Å². The van der Waals surface area contributed by atoms with E-state index in [1.165, 1.54) is 28.0 Å². The number of hydrogen-bond acceptors (Lipinski definition) is 9. The van der Waals surface area contributed by atoms with Crippen LogP contribution in [0.4, 0.5) is 5.13 Å². The van der Waals surface area contributed by atoms with E-state index in [1.807, 2.05) is 32.0 Å². The Kier molecular flexibility index (Phi) is 9.07. The molecule has 4 aromatic carbocycles. The van der Waals surface area contributed by atoms with E-state index < -0.39 is 17.7 Å². The number of amides is 1. The molecule has 1 N–H and O–H groups in total. The van der Waals surface area contributed by atoms with Crippen molar-refractivity contribution in [1.29, 1.82) is 0 Å². The Labute approximate surface area is 273 Å². The Bertz CT molecular complexity index is 1920. The van der Waals surface area contributed by atoms with Crippen molar-refractivity contribution >= 4 is 68.1 Å². The lowest BCUT2D eigenvalue weighted by molar-refractivity contribution is -0.132. The molecule has 228 valence electrons. The number of halogens is 1. The summed E-state index contributed by atoms with van der Waals surface area (Å²) in [7, 11) is 0. The van der Waals surface area contributed by atoms with Gasteiger partial charge in [0.15, 0.2) is 15.8 Å². The van der Waals surface area contributed by atoms with Crippen LogP contribution in [0.3, 0.4) is 0 Å². The first kappa shape index (κ1) is 30.6. The van der Waals surface area contributed by atoms with Crippen molar-refractivity contribution < 1.29 is 24.2 Å². The standard InChI is InChI=1S/C34H28ClN3O5S2/c1-3-42-26-17-14-22(18-27(26)43-4-2)29-28(30(39)21-12-15-24(35)16-13-21)31(40)32(41)38(29)33-36-37-34(45-33)44-19-23-10-7-9-20-8-5-6-11-25(20)23/h5-18,29,39H,3-4,19H2,1-2H3. The molecule has 45 heavy (non-hydrogen) atoms. The van der Waals surface area contributed by atoms with Crippen molar-refractivity contribution in [3.8, 4) is 11.5 Å². The quantitative estimate of drug-likeness (QED) is 0.0529. The predicted molar refractivity (Wildman–Crippen MR) is 178 cm³/mol. The van der Waals surface area contributed by atoms with Crippen molar-refractivity contribution in [2.45, 2.75) is 30.0 Å². The van der Waals surface area contributed by atoms with Gasteiger partial charge in [0.1, 0.15) is 5.76 Å². The zero-order valence-electron chi connectivity index (χ0n) is 24.4. The molecule has 2 heterocycles. The molecule has 0 spiro atoms. The fourth-order valence-electron chi connectivity index (χ4n) is 5.26. The number of Topliss-reactive ketones (excluding diaryl/α,β-unsaturated/α-hetero) is 1. The molecule has 5 aromatic rings. The molecule has 1 aliphatic heterocycles. The van der Waals surface area contributed by atoms with Crippen molar-refractivity contribution in [2.24, 2.45) is 0 Å². The molecule has 1 aliphatic rings. The van der Waals surface area contributed by atoms with Gasteiger partial charge in [-0.3, -0.25) is 14.5 Å². The van der Waals surface area contributed by atoms with Crippen molar-refractivity contribution in [2.75, 3.05) is 18.1 Å². The molecule has 1 unspecified atom stereocenters. The van der Waals surface area contributed by atoms with Gasteiger partial charge in [0, 0.05) is 16.3 Å². The van der Waals surface area contributed by atoms with Gasteiger partial charge < -0.3 is 14.6 Å². The van der Waals surface area contributed by atoms with Crippen LogP contribution in [0.25, 0.3) is 16.5 Å². The van der Waals surface area contributed by atoms with E-state index >= 15 is 0 Å². The molecule has 6 rings (SSSR count). The summed E-state index contributed by atoms with van der Waals surface area (Å²) >= 11 is 8.78. The number of fused-ring (bicyclic) bond motifs is 1. The van der Waals surface area contributed by atoms with Crippen LogP contribution in [0.1, 0.15) is 36.6 Å². The lowest BCUT2D eigenvalue weighted by Crippen LogP contribution is -2.29. The Morgan fingerprint density at radius 3 is 2.44 bits per heavy atom. The number of benzene rings is 4. The molecular formula is C34H28ClN3O5S2. The lowest BCUT2D eigenvalue weighted by Gasteiger charge is -2.23. The molecule has 0 radical (unpaired) electrons. The number of thioether (sulfide) groups is 1. The minimum absolute atomic E-state index is 0.0749. The Morgan fingerprint density at radius 2 is 1.67 bits per heavy atom. The third-order valence-corrected chi connectivity index (χ3v) is 9.63. The number of aliphatic hydroxyl groups excluding tert-OH is 1. The third-order valence-electron chi connectivity index (χ3n) is 7.28. The van der Waals surface area contributed by atoms with E-state index in [1.54, 1.807) is 42.5 Å². The van der Waals surface area contributed by atoms with Crippen LogP contribution in [0.15, 0.2) is 94.8 Å². The fourth-order valence-corrected chi connectivity index (χ4v) is 7.26. The minimum atomic E-state index is -1.00. The summed E-state index contributed by atoms with van der Waals surface area (Å²) in [6, 6.07) is 25.0. The molecule has 1 atom stereocenters. The number of nitrogens with zero attached hydrogens (tertiary/aromatic N) is 3. The Hall–Kier alpha value is -4.38. The molecule has 1 aromatic heterocycles. The number of carbonyl (C=O) groups excluding carboxylic acids is 2. The maximum Gasteiger partial charge on any atom is 0.301 e. The topological polar surface area (TPSA) is 102 Å². The van der Waals surface area contributed by atoms with E-state index in [4.69, 9.17) is 21.1 Å². The van der Waals surface area contributed by atoms with Crippen LogP contribution in [0, 0.1) is 0 Å². The van der Waals surface area contributed by atoms with E-state index in [-0.39, 0.29) is 16.5 Å². The van der Waals surface area contributed by atoms with Gasteiger partial charge in [0.05, 0.1) is 24.8 Å². The highest BCUT2D eigenvalue weighted by Crippen LogP contribution is 2.46. The van der Waals surface area contributed by atoms with Gasteiger partial charge in [-0.25, -0.2) is 0 Å². The summed E-state index contributed by atoms with van der Waals surface area (Å²) in [6.45, 7) is 4.53. The summed E-state index contributed by atoms with van der Waals surface area (Å²) in [5, 5.41) is 23.2. The Balaban J connectivity index is 1.40. The monoisotopic (exact) mass is 657 g/mol. The molecular weight excluding hydrogens is 630 g/mol. The number of rotatable bonds is 10. The summed E-state index contributed by atoms with van der Waals surface area (Å²) in [5.41, 5.74) is 1.96. The van der Waals surface area contributed by atoms with Crippen LogP contribution in [-0.4, -0.2) is 40.2 Å². The minimum Gasteiger partial charge on any atom is -0.507 e. The first-order chi connectivity index (χ1) is 21.9. The third kappa shape index (κ3) is 6.13. The van der Waals surface area contributed by atoms with Gasteiger partial charge in [-0.15, -0.1) is 10.2 Å². The molecule has 0 saturated carbocycles. The predicted octanol–water partition coefficient (Wildman–Crippen LogP) is 8.06. The van der Waals surface area contributed by atoms with Crippen molar-refractivity contribution in [1.82, 2.24) is 10.2 Å².